The van der Waals surface area contributed by atoms with Gasteiger partial charge in [-0.2, -0.15) is 0 Å². The van der Waals surface area contributed by atoms with Gasteiger partial charge in [-0.3, -0.25) is 4.90 Å². The van der Waals surface area contributed by atoms with E-state index >= 15 is 0 Å². The summed E-state index contributed by atoms with van der Waals surface area (Å²) < 4.78 is 26.8. The molecule has 0 unspecified atom stereocenters. The second-order valence-electron chi connectivity index (χ2n) is 4.69. The first kappa shape index (κ1) is 14.0. The third-order valence-corrected chi connectivity index (χ3v) is 3.33. The molecule has 1 aromatic heterocycles. The average Bonchev–Trinajstić information content (AvgIpc) is 3.21. The highest BCUT2D eigenvalue weighted by Gasteiger charge is 2.27. The molecule has 0 atom stereocenters. The third kappa shape index (κ3) is 3.53. The molecule has 1 aromatic rings. The monoisotopic (exact) mass is 270 g/mol. The van der Waals surface area contributed by atoms with E-state index in [-0.39, 0.29) is 11.6 Å². The number of hydrogen-bond donors (Lipinski definition) is 2. The number of rotatable bonds is 7. The normalized spacial score (nSPS) is 14.8. The molecule has 1 saturated carbocycles. The molecule has 106 valence electrons. The number of likely N-dealkylation sites (N-methyl/N-ethyl adjacent to an activating group) is 1. The predicted octanol–water partition coefficient (Wildman–Crippen LogP) is 2.30. The van der Waals surface area contributed by atoms with Crippen LogP contribution in [0.3, 0.4) is 0 Å². The van der Waals surface area contributed by atoms with Crippen LogP contribution in [0.2, 0.25) is 0 Å². The quantitative estimate of drug-likeness (QED) is 0.797. The van der Waals surface area contributed by atoms with Gasteiger partial charge in [-0.05, 0) is 19.4 Å². The van der Waals surface area contributed by atoms with Crippen molar-refractivity contribution in [1.29, 1.82) is 0 Å². The summed E-state index contributed by atoms with van der Waals surface area (Å²) in [6, 6.07) is 1.53. The maximum absolute atomic E-state index is 13.5. The maximum Gasteiger partial charge on any atom is 0.168 e. The summed E-state index contributed by atoms with van der Waals surface area (Å²) in [5.41, 5.74) is 0. The van der Waals surface area contributed by atoms with Gasteiger partial charge in [0.05, 0.1) is 0 Å². The van der Waals surface area contributed by atoms with Gasteiger partial charge in [0.25, 0.3) is 0 Å². The number of hydrogen-bond acceptors (Lipinski definition) is 4. The summed E-state index contributed by atoms with van der Waals surface area (Å²) in [5, 5.41) is 5.53. The van der Waals surface area contributed by atoms with Gasteiger partial charge in [0.15, 0.2) is 23.3 Å². The van der Waals surface area contributed by atoms with Gasteiger partial charge >= 0.3 is 0 Å². The molecular weight excluding hydrogens is 250 g/mol. The fourth-order valence-electron chi connectivity index (χ4n) is 2.12. The second-order valence-corrected chi connectivity index (χ2v) is 4.69. The maximum atomic E-state index is 13.5. The Morgan fingerprint density at radius 3 is 2.58 bits per heavy atom. The van der Waals surface area contributed by atoms with Crippen molar-refractivity contribution in [3.63, 3.8) is 0 Å². The number of nitrogens with zero attached hydrogens (tertiary/aromatic N) is 2. The Labute approximate surface area is 112 Å². The zero-order valence-corrected chi connectivity index (χ0v) is 11.3. The predicted molar refractivity (Wildman–Crippen MR) is 72.5 cm³/mol. The van der Waals surface area contributed by atoms with Crippen molar-refractivity contribution in [3.05, 3.63) is 17.7 Å². The van der Waals surface area contributed by atoms with Gasteiger partial charge in [-0.15, -0.1) is 0 Å². The Hall–Kier alpha value is -1.43. The van der Waals surface area contributed by atoms with Crippen LogP contribution in [0.15, 0.2) is 6.07 Å². The summed E-state index contributed by atoms with van der Waals surface area (Å²) in [6.07, 6.45) is 2.50. The Morgan fingerprint density at radius 2 is 2.00 bits per heavy atom. The standard InChI is InChI=1S/C13H20F2N4/c1-3-19(9-4-5-9)7-6-17-13-11(15)8-10(14)12(16-2)18-13/h8-9H,3-7H2,1-2H3,(H2,16,17,18). The highest BCUT2D eigenvalue weighted by atomic mass is 19.1. The largest absolute Gasteiger partial charge is 0.371 e. The molecule has 0 radical (unpaired) electrons. The molecule has 1 aliphatic rings. The smallest absolute Gasteiger partial charge is 0.168 e. The fourth-order valence-corrected chi connectivity index (χ4v) is 2.12. The number of pyridine rings is 1. The SMILES string of the molecule is CCN(CCNc1nc(NC)c(F)cc1F)C1CC1. The van der Waals surface area contributed by atoms with Crippen LogP contribution in [0.1, 0.15) is 19.8 Å². The van der Waals surface area contributed by atoms with Crippen molar-refractivity contribution in [2.45, 2.75) is 25.8 Å². The van der Waals surface area contributed by atoms with Crippen molar-refractivity contribution in [3.8, 4) is 0 Å². The minimum Gasteiger partial charge on any atom is -0.371 e. The first-order valence-corrected chi connectivity index (χ1v) is 6.67. The summed E-state index contributed by atoms with van der Waals surface area (Å²) in [4.78, 5) is 6.24. The van der Waals surface area contributed by atoms with Crippen molar-refractivity contribution in [2.75, 3.05) is 37.3 Å². The molecule has 0 spiro atoms. The van der Waals surface area contributed by atoms with Crippen LogP contribution in [0.5, 0.6) is 0 Å². The first-order valence-electron chi connectivity index (χ1n) is 6.67. The summed E-state index contributed by atoms with van der Waals surface area (Å²) in [6.45, 7) is 4.55. The van der Waals surface area contributed by atoms with Crippen molar-refractivity contribution >= 4 is 11.6 Å². The summed E-state index contributed by atoms with van der Waals surface area (Å²) in [7, 11) is 1.55. The van der Waals surface area contributed by atoms with Crippen LogP contribution in [0, 0.1) is 11.6 Å². The van der Waals surface area contributed by atoms with Crippen LogP contribution in [-0.4, -0.2) is 42.6 Å². The average molecular weight is 270 g/mol. The number of nitrogens with one attached hydrogen (secondary N) is 2. The molecule has 0 aromatic carbocycles. The van der Waals surface area contributed by atoms with E-state index in [9.17, 15) is 8.78 Å². The number of aromatic nitrogens is 1. The lowest BCUT2D eigenvalue weighted by Gasteiger charge is -2.20. The lowest BCUT2D eigenvalue weighted by Crippen LogP contribution is -2.31. The first-order chi connectivity index (χ1) is 9.15. The van der Waals surface area contributed by atoms with Crippen LogP contribution >= 0.6 is 0 Å². The Bertz CT molecular complexity index is 435. The lowest BCUT2D eigenvalue weighted by molar-refractivity contribution is 0.289. The molecule has 0 amide bonds. The molecule has 19 heavy (non-hydrogen) atoms. The zero-order valence-electron chi connectivity index (χ0n) is 11.3. The van der Waals surface area contributed by atoms with Gasteiger partial charge in [-0.1, -0.05) is 6.92 Å². The van der Waals surface area contributed by atoms with E-state index in [1.165, 1.54) is 12.8 Å². The van der Waals surface area contributed by atoms with Gasteiger partial charge in [0.1, 0.15) is 0 Å². The highest BCUT2D eigenvalue weighted by Crippen LogP contribution is 2.26. The second kappa shape index (κ2) is 6.14. The van der Waals surface area contributed by atoms with Crippen molar-refractivity contribution in [1.82, 2.24) is 9.88 Å². The highest BCUT2D eigenvalue weighted by molar-refractivity contribution is 5.47. The van der Waals surface area contributed by atoms with Gasteiger partial charge in [0, 0.05) is 32.2 Å². The molecule has 2 N–H and O–H groups in total. The van der Waals surface area contributed by atoms with Crippen molar-refractivity contribution in [2.24, 2.45) is 0 Å². The van der Waals surface area contributed by atoms with Gasteiger partial charge in [-0.25, -0.2) is 13.8 Å². The molecule has 4 nitrogen and oxygen atoms in total. The summed E-state index contributed by atoms with van der Waals surface area (Å²) in [5.74, 6) is -1.19. The molecule has 1 heterocycles. The topological polar surface area (TPSA) is 40.2 Å². The van der Waals surface area contributed by atoms with Crippen LogP contribution < -0.4 is 10.6 Å². The molecule has 1 aliphatic carbocycles. The van der Waals surface area contributed by atoms with E-state index in [0.29, 0.717) is 12.6 Å². The van der Waals surface area contributed by atoms with E-state index in [1.54, 1.807) is 7.05 Å². The number of halogens is 2. The molecule has 1 fully saturated rings. The van der Waals surface area contributed by atoms with E-state index in [4.69, 9.17) is 0 Å². The van der Waals surface area contributed by atoms with Crippen LogP contribution in [0.25, 0.3) is 0 Å². The van der Waals surface area contributed by atoms with E-state index < -0.39 is 11.6 Å². The molecule has 6 heteroatoms. The molecule has 2 rings (SSSR count). The van der Waals surface area contributed by atoms with E-state index in [1.807, 2.05) is 0 Å². The van der Waals surface area contributed by atoms with Crippen molar-refractivity contribution < 1.29 is 8.78 Å². The van der Waals surface area contributed by atoms with Crippen LogP contribution in [0.4, 0.5) is 20.4 Å². The molecule has 0 saturated heterocycles. The molecular formula is C13H20F2N4. The van der Waals surface area contributed by atoms with Gasteiger partial charge < -0.3 is 10.6 Å². The molecule has 0 bridgehead atoms. The zero-order chi connectivity index (χ0) is 13.8. The van der Waals surface area contributed by atoms with Gasteiger partial charge in [0.2, 0.25) is 0 Å². The Kier molecular flexibility index (Phi) is 4.52. The summed E-state index contributed by atoms with van der Waals surface area (Å²) >= 11 is 0. The minimum atomic E-state index is -0.682. The van der Waals surface area contributed by atoms with E-state index in [2.05, 4.69) is 27.4 Å². The third-order valence-electron chi connectivity index (χ3n) is 3.33. The lowest BCUT2D eigenvalue weighted by atomic mass is 10.4. The Morgan fingerprint density at radius 1 is 1.32 bits per heavy atom. The van der Waals surface area contributed by atoms with Crippen LogP contribution in [-0.2, 0) is 0 Å². The Balaban J connectivity index is 1.91. The fraction of sp³-hybridized carbons (Fsp3) is 0.615. The minimum absolute atomic E-state index is 0.0541. The number of anilines is 2. The van der Waals surface area contributed by atoms with E-state index in [0.717, 1.165) is 19.2 Å². The molecule has 0 aliphatic heterocycles.